The minimum atomic E-state index is -0.482. The van der Waals surface area contributed by atoms with Crippen LogP contribution in [0.25, 0.3) is 0 Å². The number of halogens is 1. The van der Waals surface area contributed by atoms with Crippen molar-refractivity contribution in [3.63, 3.8) is 0 Å². The number of nitro benzene ring substituents is 1. The van der Waals surface area contributed by atoms with Gasteiger partial charge in [-0.15, -0.1) is 0 Å². The number of rotatable bonds is 5. The maximum absolute atomic E-state index is 12.7. The highest BCUT2D eigenvalue weighted by Crippen LogP contribution is 2.13. The van der Waals surface area contributed by atoms with Gasteiger partial charge in [0.25, 0.3) is 5.69 Å². The summed E-state index contributed by atoms with van der Waals surface area (Å²) in [5, 5.41) is 10.5. The zero-order valence-electron chi connectivity index (χ0n) is 10.6. The molecule has 4 nitrogen and oxygen atoms in total. The lowest BCUT2D eigenvalue weighted by molar-refractivity contribution is -0.384. The zero-order valence-corrected chi connectivity index (χ0v) is 10.6. The molecule has 2 aromatic carbocycles. The lowest BCUT2D eigenvalue weighted by atomic mass is 10.0. The first-order valence-electron chi connectivity index (χ1n) is 6.04. The Kier molecular flexibility index (Phi) is 4.20. The molecule has 2 aromatic rings. The average Bonchev–Trinajstić information content (AvgIpc) is 2.42. The highest BCUT2D eigenvalue weighted by molar-refractivity contribution is 5.83. The van der Waals surface area contributed by atoms with E-state index in [2.05, 4.69) is 0 Å². The van der Waals surface area contributed by atoms with E-state index in [9.17, 15) is 19.3 Å². The second kappa shape index (κ2) is 6.06. The van der Waals surface area contributed by atoms with Crippen molar-refractivity contribution in [3.8, 4) is 0 Å². The molecule has 0 unspecified atom stereocenters. The third-order valence-corrected chi connectivity index (χ3v) is 2.86. The van der Waals surface area contributed by atoms with Crippen LogP contribution in [0.1, 0.15) is 11.1 Å². The second-order valence-electron chi connectivity index (χ2n) is 4.44. The molecular formula is C15H12FNO3. The molecule has 0 aliphatic rings. The van der Waals surface area contributed by atoms with Crippen molar-refractivity contribution >= 4 is 11.5 Å². The molecule has 2 rings (SSSR count). The van der Waals surface area contributed by atoms with Crippen LogP contribution in [0.2, 0.25) is 0 Å². The van der Waals surface area contributed by atoms with Crippen LogP contribution < -0.4 is 0 Å². The molecule has 0 saturated carbocycles. The fourth-order valence-electron chi connectivity index (χ4n) is 1.86. The number of ketones is 1. The number of carbonyl (C=O) groups excluding carboxylic acids is 1. The monoisotopic (exact) mass is 273 g/mol. The lowest BCUT2D eigenvalue weighted by Gasteiger charge is -2.02. The number of nitro groups is 1. The summed E-state index contributed by atoms with van der Waals surface area (Å²) in [5.41, 5.74) is 1.47. The largest absolute Gasteiger partial charge is 0.299 e. The Morgan fingerprint density at radius 3 is 1.85 bits per heavy atom. The minimum Gasteiger partial charge on any atom is -0.299 e. The third-order valence-electron chi connectivity index (χ3n) is 2.86. The van der Waals surface area contributed by atoms with Gasteiger partial charge in [0.2, 0.25) is 0 Å². The first-order chi connectivity index (χ1) is 9.54. The normalized spacial score (nSPS) is 10.2. The van der Waals surface area contributed by atoms with E-state index in [4.69, 9.17) is 0 Å². The van der Waals surface area contributed by atoms with E-state index in [0.29, 0.717) is 0 Å². The fraction of sp³-hybridized carbons (Fsp3) is 0.133. The van der Waals surface area contributed by atoms with Gasteiger partial charge in [0.15, 0.2) is 0 Å². The number of non-ortho nitro benzene ring substituents is 1. The Bertz CT molecular complexity index is 621. The van der Waals surface area contributed by atoms with Crippen molar-refractivity contribution in [3.05, 3.63) is 75.6 Å². The molecule has 0 amide bonds. The average molecular weight is 273 g/mol. The van der Waals surface area contributed by atoms with Gasteiger partial charge in [0, 0.05) is 25.0 Å². The predicted molar refractivity (Wildman–Crippen MR) is 71.9 cm³/mol. The Balaban J connectivity index is 1.97. The summed E-state index contributed by atoms with van der Waals surface area (Å²) in [6, 6.07) is 11.7. The number of nitrogens with zero attached hydrogens (tertiary/aromatic N) is 1. The summed E-state index contributed by atoms with van der Waals surface area (Å²) in [4.78, 5) is 21.9. The quantitative estimate of drug-likeness (QED) is 0.621. The van der Waals surface area contributed by atoms with Crippen molar-refractivity contribution in [1.29, 1.82) is 0 Å². The molecule has 102 valence electrons. The van der Waals surface area contributed by atoms with E-state index >= 15 is 0 Å². The highest BCUT2D eigenvalue weighted by Gasteiger charge is 2.08. The Hall–Kier alpha value is -2.56. The molecule has 0 aromatic heterocycles. The van der Waals surface area contributed by atoms with Crippen LogP contribution in [0.4, 0.5) is 10.1 Å². The summed E-state index contributed by atoms with van der Waals surface area (Å²) in [5.74, 6) is -0.359. The summed E-state index contributed by atoms with van der Waals surface area (Å²) < 4.78 is 12.7. The number of benzene rings is 2. The van der Waals surface area contributed by atoms with Crippen molar-refractivity contribution in [1.82, 2.24) is 0 Å². The fourth-order valence-corrected chi connectivity index (χ4v) is 1.86. The Morgan fingerprint density at radius 1 is 0.950 bits per heavy atom. The van der Waals surface area contributed by atoms with Gasteiger partial charge in [-0.3, -0.25) is 14.9 Å². The molecular weight excluding hydrogens is 261 g/mol. The first-order valence-corrected chi connectivity index (χ1v) is 6.04. The summed E-state index contributed by atoms with van der Waals surface area (Å²) in [6.45, 7) is 0. The number of Topliss-reactive ketones (excluding diaryl/α,β-unsaturated/α-hetero) is 1. The molecule has 20 heavy (non-hydrogen) atoms. The smallest absolute Gasteiger partial charge is 0.269 e. The molecule has 0 N–H and O–H groups in total. The zero-order chi connectivity index (χ0) is 14.5. The van der Waals surface area contributed by atoms with Crippen LogP contribution in [-0.4, -0.2) is 10.7 Å². The van der Waals surface area contributed by atoms with Crippen LogP contribution in [-0.2, 0) is 17.6 Å². The standard InChI is InChI=1S/C15H12FNO3/c16-13-5-1-11(2-6-13)9-15(18)10-12-3-7-14(8-4-12)17(19)20/h1-8H,9-10H2. The Morgan fingerprint density at radius 2 is 1.40 bits per heavy atom. The number of carbonyl (C=O) groups is 1. The molecule has 0 saturated heterocycles. The lowest BCUT2D eigenvalue weighted by Crippen LogP contribution is -2.06. The molecule has 0 heterocycles. The number of hydrogen-bond acceptors (Lipinski definition) is 3. The van der Waals surface area contributed by atoms with Gasteiger partial charge in [-0.05, 0) is 23.3 Å². The SMILES string of the molecule is O=C(Cc1ccc(F)cc1)Cc1ccc([N+](=O)[O-])cc1. The van der Waals surface area contributed by atoms with Gasteiger partial charge >= 0.3 is 0 Å². The Labute approximate surface area is 115 Å². The highest BCUT2D eigenvalue weighted by atomic mass is 19.1. The van der Waals surface area contributed by atoms with Crippen LogP contribution in [0.5, 0.6) is 0 Å². The second-order valence-corrected chi connectivity index (χ2v) is 4.44. The van der Waals surface area contributed by atoms with E-state index in [-0.39, 0.29) is 30.1 Å². The van der Waals surface area contributed by atoms with Crippen LogP contribution >= 0.6 is 0 Å². The van der Waals surface area contributed by atoms with Gasteiger partial charge in [-0.25, -0.2) is 4.39 Å². The van der Waals surface area contributed by atoms with Gasteiger partial charge in [0.05, 0.1) is 4.92 Å². The van der Waals surface area contributed by atoms with Crippen LogP contribution in [0, 0.1) is 15.9 Å². The molecule has 0 radical (unpaired) electrons. The maximum Gasteiger partial charge on any atom is 0.269 e. The topological polar surface area (TPSA) is 60.2 Å². The molecule has 5 heteroatoms. The van der Waals surface area contributed by atoms with Crippen LogP contribution in [0.15, 0.2) is 48.5 Å². The first kappa shape index (κ1) is 13.9. The maximum atomic E-state index is 12.7. The van der Waals surface area contributed by atoms with E-state index in [1.807, 2.05) is 0 Å². The van der Waals surface area contributed by atoms with Gasteiger partial charge < -0.3 is 0 Å². The molecule has 0 atom stereocenters. The van der Waals surface area contributed by atoms with Crippen molar-refractivity contribution < 1.29 is 14.1 Å². The molecule has 0 aliphatic heterocycles. The molecule has 0 spiro atoms. The van der Waals surface area contributed by atoms with Gasteiger partial charge in [-0.2, -0.15) is 0 Å². The predicted octanol–water partition coefficient (Wildman–Crippen LogP) is 3.09. The van der Waals surface area contributed by atoms with Crippen molar-refractivity contribution in [2.45, 2.75) is 12.8 Å². The van der Waals surface area contributed by atoms with E-state index in [0.717, 1.165) is 11.1 Å². The van der Waals surface area contributed by atoms with Gasteiger partial charge in [-0.1, -0.05) is 24.3 Å². The molecule has 0 fully saturated rings. The van der Waals surface area contributed by atoms with Crippen LogP contribution in [0.3, 0.4) is 0 Å². The van der Waals surface area contributed by atoms with E-state index in [1.54, 1.807) is 24.3 Å². The summed E-state index contributed by atoms with van der Waals surface area (Å²) in [6.07, 6.45) is 0.423. The summed E-state index contributed by atoms with van der Waals surface area (Å²) in [7, 11) is 0. The van der Waals surface area contributed by atoms with Crippen molar-refractivity contribution in [2.75, 3.05) is 0 Å². The van der Waals surface area contributed by atoms with E-state index in [1.165, 1.54) is 24.3 Å². The van der Waals surface area contributed by atoms with Gasteiger partial charge in [0.1, 0.15) is 11.6 Å². The summed E-state index contributed by atoms with van der Waals surface area (Å²) >= 11 is 0. The molecule has 0 aliphatic carbocycles. The van der Waals surface area contributed by atoms with Crippen molar-refractivity contribution in [2.24, 2.45) is 0 Å². The number of hydrogen-bond donors (Lipinski definition) is 0. The molecule has 0 bridgehead atoms. The minimum absolute atomic E-state index is 0.000247. The van der Waals surface area contributed by atoms with E-state index < -0.39 is 4.92 Å². The third kappa shape index (κ3) is 3.71.